The van der Waals surface area contributed by atoms with E-state index in [1.807, 2.05) is 4.72 Å². The van der Waals surface area contributed by atoms with Gasteiger partial charge in [-0.15, -0.1) is 0 Å². The third-order valence-electron chi connectivity index (χ3n) is 1.21. The fourth-order valence-corrected chi connectivity index (χ4v) is 1.57. The van der Waals surface area contributed by atoms with E-state index in [0.717, 1.165) is 0 Å². The number of nitrogens with one attached hydrogen (secondary N) is 1. The predicted molar refractivity (Wildman–Crippen MR) is 52.5 cm³/mol. The topological polar surface area (TPSA) is 92.4 Å². The molecule has 0 saturated heterocycles. The molecule has 0 unspecified atom stereocenters. The first-order chi connectivity index (χ1) is 5.88. The molecule has 1 rings (SSSR count). The van der Waals surface area contributed by atoms with Crippen molar-refractivity contribution in [3.8, 4) is 5.75 Å². The summed E-state index contributed by atoms with van der Waals surface area (Å²) in [6.07, 6.45) is 0. The molecule has 72 valence electrons. The second kappa shape index (κ2) is 3.52. The van der Waals surface area contributed by atoms with Gasteiger partial charge in [-0.25, -0.2) is 5.14 Å². The molecule has 0 bridgehead atoms. The van der Waals surface area contributed by atoms with Crippen molar-refractivity contribution >= 4 is 31.8 Å². The van der Waals surface area contributed by atoms with Crippen LogP contribution in [-0.4, -0.2) is 13.5 Å². The lowest BCUT2D eigenvalue weighted by Gasteiger charge is -2.05. The van der Waals surface area contributed by atoms with Gasteiger partial charge in [-0.1, -0.05) is 15.9 Å². The Kier molecular flexibility index (Phi) is 2.79. The Bertz CT molecular complexity index is 418. The van der Waals surface area contributed by atoms with Crippen LogP contribution in [0, 0.1) is 0 Å². The monoisotopic (exact) mass is 266 g/mol. The zero-order valence-corrected chi connectivity index (χ0v) is 8.76. The number of rotatable bonds is 2. The summed E-state index contributed by atoms with van der Waals surface area (Å²) in [5.74, 6) is -0.183. The van der Waals surface area contributed by atoms with Crippen LogP contribution in [0.1, 0.15) is 0 Å². The maximum atomic E-state index is 10.6. The van der Waals surface area contributed by atoms with Gasteiger partial charge in [0.05, 0.1) is 5.69 Å². The predicted octanol–water partition coefficient (Wildman–Crippen LogP) is 0.770. The van der Waals surface area contributed by atoms with Crippen LogP contribution >= 0.6 is 15.9 Å². The van der Waals surface area contributed by atoms with Crippen LogP contribution in [0.15, 0.2) is 22.7 Å². The van der Waals surface area contributed by atoms with Crippen LogP contribution in [0.25, 0.3) is 0 Å². The SMILES string of the molecule is NS(=O)(=O)Nc1cc(Br)ccc1O. The van der Waals surface area contributed by atoms with Crippen LogP contribution in [0.5, 0.6) is 5.75 Å². The number of phenolic OH excluding ortho intramolecular Hbond substituents is 1. The standard InChI is InChI=1S/C6H7BrN2O3S/c7-4-1-2-6(10)5(3-4)9-13(8,11)12/h1-3,9-10H,(H2,8,11,12). The number of hydrogen-bond donors (Lipinski definition) is 3. The number of halogens is 1. The molecule has 4 N–H and O–H groups in total. The van der Waals surface area contributed by atoms with Gasteiger partial charge >= 0.3 is 0 Å². The van der Waals surface area contributed by atoms with Gasteiger partial charge in [-0.05, 0) is 18.2 Å². The summed E-state index contributed by atoms with van der Waals surface area (Å²) in [5.41, 5.74) is 0.0388. The number of phenols is 1. The molecular formula is C6H7BrN2O3S. The normalized spacial score (nSPS) is 11.2. The third-order valence-corrected chi connectivity index (χ3v) is 2.21. The molecular weight excluding hydrogens is 260 g/mol. The van der Waals surface area contributed by atoms with E-state index in [1.165, 1.54) is 12.1 Å². The quantitative estimate of drug-likeness (QED) is 0.691. The first kappa shape index (κ1) is 10.3. The summed E-state index contributed by atoms with van der Waals surface area (Å²) in [6.45, 7) is 0. The molecule has 0 spiro atoms. The van der Waals surface area contributed by atoms with Gasteiger partial charge < -0.3 is 5.11 Å². The molecule has 13 heavy (non-hydrogen) atoms. The van der Waals surface area contributed by atoms with E-state index in [4.69, 9.17) is 5.14 Å². The summed E-state index contributed by atoms with van der Waals surface area (Å²) in [4.78, 5) is 0. The van der Waals surface area contributed by atoms with Gasteiger partial charge in [0.1, 0.15) is 5.75 Å². The highest BCUT2D eigenvalue weighted by molar-refractivity contribution is 9.10. The van der Waals surface area contributed by atoms with E-state index in [0.29, 0.717) is 4.47 Å². The maximum absolute atomic E-state index is 10.6. The van der Waals surface area contributed by atoms with Crippen molar-refractivity contribution in [1.29, 1.82) is 0 Å². The molecule has 0 aliphatic rings. The van der Waals surface area contributed by atoms with E-state index in [9.17, 15) is 13.5 Å². The molecule has 7 heteroatoms. The van der Waals surface area contributed by atoms with Crippen molar-refractivity contribution in [2.45, 2.75) is 0 Å². The highest BCUT2D eigenvalue weighted by Crippen LogP contribution is 2.26. The summed E-state index contributed by atoms with van der Waals surface area (Å²) >= 11 is 3.12. The fourth-order valence-electron chi connectivity index (χ4n) is 0.743. The lowest BCUT2D eigenvalue weighted by molar-refractivity contribution is 0.477. The van der Waals surface area contributed by atoms with Crippen molar-refractivity contribution in [2.75, 3.05) is 4.72 Å². The second-order valence-electron chi connectivity index (χ2n) is 2.31. The summed E-state index contributed by atoms with van der Waals surface area (Å²) in [6, 6.07) is 4.32. The molecule has 0 aliphatic heterocycles. The molecule has 0 amide bonds. The Morgan fingerprint density at radius 1 is 1.46 bits per heavy atom. The Labute approximate surface area is 83.9 Å². The van der Waals surface area contributed by atoms with Gasteiger partial charge in [-0.3, -0.25) is 4.72 Å². The summed E-state index contributed by atoms with van der Waals surface area (Å²) < 4.78 is 23.8. The number of nitrogens with two attached hydrogens (primary N) is 1. The molecule has 1 aromatic carbocycles. The molecule has 0 aromatic heterocycles. The van der Waals surface area contributed by atoms with Crippen molar-refractivity contribution in [3.05, 3.63) is 22.7 Å². The average molecular weight is 267 g/mol. The smallest absolute Gasteiger partial charge is 0.296 e. The van der Waals surface area contributed by atoms with Crippen LogP contribution < -0.4 is 9.86 Å². The zero-order valence-electron chi connectivity index (χ0n) is 6.36. The second-order valence-corrected chi connectivity index (χ2v) is 4.52. The Balaban J connectivity index is 3.08. The Morgan fingerprint density at radius 3 is 2.62 bits per heavy atom. The number of hydrogen-bond acceptors (Lipinski definition) is 3. The van der Waals surface area contributed by atoms with Crippen molar-refractivity contribution in [1.82, 2.24) is 0 Å². The van der Waals surface area contributed by atoms with E-state index in [1.54, 1.807) is 6.07 Å². The largest absolute Gasteiger partial charge is 0.506 e. The molecule has 0 saturated carbocycles. The zero-order chi connectivity index (χ0) is 10.1. The summed E-state index contributed by atoms with van der Waals surface area (Å²) in [5, 5.41) is 13.9. The molecule has 5 nitrogen and oxygen atoms in total. The van der Waals surface area contributed by atoms with Gasteiger partial charge in [0.15, 0.2) is 0 Å². The molecule has 1 aromatic rings. The van der Waals surface area contributed by atoms with E-state index in [2.05, 4.69) is 15.9 Å². The highest BCUT2D eigenvalue weighted by Gasteiger charge is 2.06. The van der Waals surface area contributed by atoms with Crippen LogP contribution in [0.2, 0.25) is 0 Å². The maximum Gasteiger partial charge on any atom is 0.296 e. The van der Waals surface area contributed by atoms with E-state index >= 15 is 0 Å². The molecule has 0 atom stereocenters. The number of benzene rings is 1. The average Bonchev–Trinajstić information content (AvgIpc) is 1.94. The Morgan fingerprint density at radius 2 is 2.08 bits per heavy atom. The van der Waals surface area contributed by atoms with Crippen LogP contribution in [-0.2, 0) is 10.2 Å². The fraction of sp³-hybridized carbons (Fsp3) is 0. The minimum Gasteiger partial charge on any atom is -0.506 e. The minimum absolute atomic E-state index is 0.0388. The number of anilines is 1. The molecule has 0 heterocycles. The number of aromatic hydroxyl groups is 1. The van der Waals surface area contributed by atoms with Crippen LogP contribution in [0.3, 0.4) is 0 Å². The third kappa shape index (κ3) is 3.21. The minimum atomic E-state index is -3.85. The summed E-state index contributed by atoms with van der Waals surface area (Å²) in [7, 11) is -3.85. The lowest BCUT2D eigenvalue weighted by Crippen LogP contribution is -2.21. The van der Waals surface area contributed by atoms with Gasteiger partial charge in [-0.2, -0.15) is 8.42 Å². The van der Waals surface area contributed by atoms with E-state index < -0.39 is 10.2 Å². The van der Waals surface area contributed by atoms with E-state index in [-0.39, 0.29) is 11.4 Å². The molecule has 0 fully saturated rings. The van der Waals surface area contributed by atoms with Gasteiger partial charge in [0, 0.05) is 4.47 Å². The first-order valence-electron chi connectivity index (χ1n) is 3.17. The lowest BCUT2D eigenvalue weighted by atomic mass is 10.3. The first-order valence-corrected chi connectivity index (χ1v) is 5.51. The van der Waals surface area contributed by atoms with Crippen LogP contribution in [0.4, 0.5) is 5.69 Å². The van der Waals surface area contributed by atoms with Gasteiger partial charge in [0.2, 0.25) is 0 Å². The van der Waals surface area contributed by atoms with Crippen molar-refractivity contribution in [3.63, 3.8) is 0 Å². The van der Waals surface area contributed by atoms with Crippen molar-refractivity contribution < 1.29 is 13.5 Å². The van der Waals surface area contributed by atoms with Crippen molar-refractivity contribution in [2.24, 2.45) is 5.14 Å². The Hall–Kier alpha value is -0.790. The van der Waals surface area contributed by atoms with Gasteiger partial charge in [0.25, 0.3) is 10.2 Å². The highest BCUT2D eigenvalue weighted by atomic mass is 79.9. The molecule has 0 aliphatic carbocycles. The molecule has 0 radical (unpaired) electrons.